The largest absolute Gasteiger partial charge is 0.330 e. The average molecular weight is 320 g/mol. The standard InChI is InChI=1S/C21H34FN/c1-3-12-21(13-4-2,19-8-9-19)14-10-17-6-5-7-18(16-17)20(22)11-15-23/h5-7,16,19-20H,3-4,8-15,23H2,1-2H3. The molecule has 2 heteroatoms. The molecule has 23 heavy (non-hydrogen) atoms. The van der Waals surface area contributed by atoms with Crippen molar-refractivity contribution in [1.82, 2.24) is 0 Å². The molecule has 1 aromatic carbocycles. The van der Waals surface area contributed by atoms with Gasteiger partial charge >= 0.3 is 0 Å². The lowest BCUT2D eigenvalue weighted by molar-refractivity contribution is 0.174. The van der Waals surface area contributed by atoms with E-state index in [1.807, 2.05) is 12.1 Å². The lowest BCUT2D eigenvalue weighted by Crippen LogP contribution is -2.24. The highest BCUT2D eigenvalue weighted by atomic mass is 19.1. The lowest BCUT2D eigenvalue weighted by atomic mass is 9.71. The lowest BCUT2D eigenvalue weighted by Gasteiger charge is -2.34. The van der Waals surface area contributed by atoms with Crippen molar-refractivity contribution in [3.8, 4) is 0 Å². The van der Waals surface area contributed by atoms with Crippen molar-refractivity contribution >= 4 is 0 Å². The summed E-state index contributed by atoms with van der Waals surface area (Å²) < 4.78 is 14.1. The van der Waals surface area contributed by atoms with Gasteiger partial charge in [0.15, 0.2) is 0 Å². The first-order chi connectivity index (χ1) is 11.1. The van der Waals surface area contributed by atoms with Gasteiger partial charge in [0.25, 0.3) is 0 Å². The summed E-state index contributed by atoms with van der Waals surface area (Å²) in [7, 11) is 0. The Hall–Kier alpha value is -0.890. The zero-order chi connectivity index (χ0) is 16.7. The molecule has 2 rings (SSSR count). The predicted molar refractivity (Wildman–Crippen MR) is 97.3 cm³/mol. The third-order valence-corrected chi connectivity index (χ3v) is 5.58. The van der Waals surface area contributed by atoms with E-state index in [-0.39, 0.29) is 0 Å². The first-order valence-corrected chi connectivity index (χ1v) is 9.58. The van der Waals surface area contributed by atoms with Crippen LogP contribution < -0.4 is 5.73 Å². The Kier molecular flexibility index (Phi) is 7.08. The van der Waals surface area contributed by atoms with Crippen molar-refractivity contribution in [2.24, 2.45) is 17.1 Å². The maximum atomic E-state index is 14.1. The van der Waals surface area contributed by atoms with Gasteiger partial charge in [-0.05, 0) is 74.0 Å². The molecule has 1 atom stereocenters. The number of rotatable bonds is 11. The topological polar surface area (TPSA) is 26.0 Å². The second-order valence-corrected chi connectivity index (χ2v) is 7.43. The number of hydrogen-bond donors (Lipinski definition) is 1. The van der Waals surface area contributed by atoms with Crippen molar-refractivity contribution in [2.75, 3.05) is 6.54 Å². The zero-order valence-corrected chi connectivity index (χ0v) is 15.0. The summed E-state index contributed by atoms with van der Waals surface area (Å²) in [5.41, 5.74) is 8.11. The van der Waals surface area contributed by atoms with Crippen LogP contribution in [0, 0.1) is 11.3 Å². The molecule has 1 aliphatic carbocycles. The molecule has 1 fully saturated rings. The molecule has 0 aromatic heterocycles. The molecule has 0 saturated heterocycles. The number of hydrogen-bond acceptors (Lipinski definition) is 1. The van der Waals surface area contributed by atoms with E-state index in [2.05, 4.69) is 26.0 Å². The number of nitrogens with two attached hydrogens (primary N) is 1. The van der Waals surface area contributed by atoms with Crippen LogP contribution in [-0.2, 0) is 6.42 Å². The molecule has 2 N–H and O–H groups in total. The van der Waals surface area contributed by atoms with Crippen LogP contribution in [0.5, 0.6) is 0 Å². The molecule has 1 nitrogen and oxygen atoms in total. The average Bonchev–Trinajstić information content (AvgIpc) is 3.39. The molecular weight excluding hydrogens is 285 g/mol. The Morgan fingerprint density at radius 3 is 2.43 bits per heavy atom. The van der Waals surface area contributed by atoms with E-state index >= 15 is 0 Å². The summed E-state index contributed by atoms with van der Waals surface area (Å²) in [4.78, 5) is 0. The summed E-state index contributed by atoms with van der Waals surface area (Å²) in [6.45, 7) is 5.03. The Balaban J connectivity index is 2.04. The van der Waals surface area contributed by atoms with Crippen LogP contribution in [0.25, 0.3) is 0 Å². The van der Waals surface area contributed by atoms with E-state index in [1.54, 1.807) is 0 Å². The highest BCUT2D eigenvalue weighted by Crippen LogP contribution is 2.53. The van der Waals surface area contributed by atoms with E-state index in [0.717, 1.165) is 17.9 Å². The molecule has 0 aliphatic heterocycles. The maximum absolute atomic E-state index is 14.1. The number of halogens is 1. The van der Waals surface area contributed by atoms with Crippen molar-refractivity contribution in [3.05, 3.63) is 35.4 Å². The molecule has 1 aliphatic rings. The van der Waals surface area contributed by atoms with Gasteiger partial charge in [-0.1, -0.05) is 51.0 Å². The fraction of sp³-hybridized carbons (Fsp3) is 0.714. The molecule has 0 amide bonds. The molecular formula is C21H34FN. The third-order valence-electron chi connectivity index (χ3n) is 5.58. The van der Waals surface area contributed by atoms with Gasteiger partial charge in [-0.3, -0.25) is 0 Å². The van der Waals surface area contributed by atoms with Crippen LogP contribution in [0.3, 0.4) is 0 Å². The second-order valence-electron chi connectivity index (χ2n) is 7.43. The van der Waals surface area contributed by atoms with Gasteiger partial charge in [0.05, 0.1) is 0 Å². The summed E-state index contributed by atoms with van der Waals surface area (Å²) in [5.74, 6) is 0.941. The van der Waals surface area contributed by atoms with E-state index in [1.165, 1.54) is 50.5 Å². The number of alkyl halides is 1. The molecule has 1 aromatic rings. The summed E-state index contributed by atoms with van der Waals surface area (Å²) >= 11 is 0. The minimum Gasteiger partial charge on any atom is -0.330 e. The van der Waals surface area contributed by atoms with Crippen LogP contribution in [0.4, 0.5) is 4.39 Å². The van der Waals surface area contributed by atoms with Crippen LogP contribution in [-0.4, -0.2) is 6.54 Å². The minimum atomic E-state index is -0.917. The van der Waals surface area contributed by atoms with E-state index in [9.17, 15) is 4.39 Å². The minimum absolute atomic E-state index is 0.406. The maximum Gasteiger partial charge on any atom is 0.126 e. The first kappa shape index (κ1) is 18.4. The molecule has 130 valence electrons. The molecule has 1 saturated carbocycles. The van der Waals surface area contributed by atoms with Crippen LogP contribution >= 0.6 is 0 Å². The SMILES string of the molecule is CCCC(CCC)(CCc1cccc(C(F)CCN)c1)C1CC1. The first-order valence-electron chi connectivity index (χ1n) is 9.58. The molecule has 0 heterocycles. The highest BCUT2D eigenvalue weighted by Gasteiger charge is 2.42. The highest BCUT2D eigenvalue weighted by molar-refractivity contribution is 5.25. The van der Waals surface area contributed by atoms with Crippen LogP contribution in [0.2, 0.25) is 0 Å². The normalized spacial score (nSPS) is 16.5. The van der Waals surface area contributed by atoms with Gasteiger partial charge in [-0.15, -0.1) is 0 Å². The van der Waals surface area contributed by atoms with E-state index in [4.69, 9.17) is 5.73 Å². The predicted octanol–water partition coefficient (Wildman–Crippen LogP) is 5.98. The summed E-state index contributed by atoms with van der Waals surface area (Å²) in [6, 6.07) is 8.13. The van der Waals surface area contributed by atoms with Crippen LogP contribution in [0.15, 0.2) is 24.3 Å². The molecule has 0 radical (unpaired) electrons. The van der Waals surface area contributed by atoms with E-state index < -0.39 is 6.17 Å². The number of aryl methyl sites for hydroxylation is 1. The Morgan fingerprint density at radius 1 is 1.17 bits per heavy atom. The zero-order valence-electron chi connectivity index (χ0n) is 15.0. The fourth-order valence-electron chi connectivity index (χ4n) is 4.33. The quantitative estimate of drug-likeness (QED) is 0.534. The van der Waals surface area contributed by atoms with Gasteiger partial charge in [0.2, 0.25) is 0 Å². The van der Waals surface area contributed by atoms with Gasteiger partial charge in [-0.25, -0.2) is 4.39 Å². The van der Waals surface area contributed by atoms with Gasteiger partial charge in [0, 0.05) is 0 Å². The smallest absolute Gasteiger partial charge is 0.126 e. The van der Waals surface area contributed by atoms with Crippen molar-refractivity contribution in [1.29, 1.82) is 0 Å². The third kappa shape index (κ3) is 5.04. The van der Waals surface area contributed by atoms with Crippen LogP contribution in [0.1, 0.15) is 82.5 Å². The summed E-state index contributed by atoms with van der Waals surface area (Å²) in [6.07, 6.45) is 9.94. The molecule has 0 spiro atoms. The summed E-state index contributed by atoms with van der Waals surface area (Å²) in [5, 5.41) is 0. The van der Waals surface area contributed by atoms with Crippen molar-refractivity contribution in [3.63, 3.8) is 0 Å². The monoisotopic (exact) mass is 319 g/mol. The van der Waals surface area contributed by atoms with Gasteiger partial charge in [-0.2, -0.15) is 0 Å². The van der Waals surface area contributed by atoms with Gasteiger partial charge in [0.1, 0.15) is 6.17 Å². The van der Waals surface area contributed by atoms with Crippen molar-refractivity contribution in [2.45, 2.75) is 77.8 Å². The fourth-order valence-corrected chi connectivity index (χ4v) is 4.33. The molecule has 1 unspecified atom stereocenters. The van der Waals surface area contributed by atoms with Crippen molar-refractivity contribution < 1.29 is 4.39 Å². The number of benzene rings is 1. The van der Waals surface area contributed by atoms with E-state index in [0.29, 0.717) is 18.4 Å². The Bertz CT molecular complexity index is 461. The Morgan fingerprint density at radius 2 is 1.87 bits per heavy atom. The van der Waals surface area contributed by atoms with Gasteiger partial charge < -0.3 is 5.73 Å². The molecule has 0 bridgehead atoms. The second kappa shape index (κ2) is 8.82. The Labute approximate surface area is 141 Å².